The molecule has 2 fully saturated rings. The van der Waals surface area contributed by atoms with E-state index in [9.17, 15) is 19.5 Å². The van der Waals surface area contributed by atoms with Crippen LogP contribution in [0.3, 0.4) is 0 Å². The van der Waals surface area contributed by atoms with Gasteiger partial charge in [-0.15, -0.1) is 11.3 Å². The third-order valence-electron chi connectivity index (χ3n) is 6.98. The number of amides is 2. The molecule has 3 aliphatic rings. The lowest BCUT2D eigenvalue weighted by Gasteiger charge is -2.30. The maximum atomic E-state index is 13.5. The third kappa shape index (κ3) is 3.03. The van der Waals surface area contributed by atoms with Crippen molar-refractivity contribution in [1.82, 2.24) is 10.2 Å². The summed E-state index contributed by atoms with van der Waals surface area (Å²) in [6.45, 7) is 1.18. The highest BCUT2D eigenvalue weighted by Gasteiger charge is 2.74. The van der Waals surface area contributed by atoms with Gasteiger partial charge >= 0.3 is 5.97 Å². The van der Waals surface area contributed by atoms with Crippen LogP contribution in [0.5, 0.6) is 0 Å². The van der Waals surface area contributed by atoms with Gasteiger partial charge in [-0.25, -0.2) is 4.79 Å². The van der Waals surface area contributed by atoms with E-state index in [1.807, 2.05) is 46.7 Å². The normalized spacial score (nSPS) is 20.9. The summed E-state index contributed by atoms with van der Waals surface area (Å²) in [6.07, 6.45) is 2.97. The molecule has 5 rings (SSSR count). The molecule has 1 aliphatic heterocycles. The third-order valence-corrected chi connectivity index (χ3v) is 7.88. The molecule has 2 aliphatic carbocycles. The maximum Gasteiger partial charge on any atom is 0.326 e. The van der Waals surface area contributed by atoms with Crippen molar-refractivity contribution < 1.29 is 19.5 Å². The maximum absolute atomic E-state index is 13.5. The molecule has 2 aromatic rings. The van der Waals surface area contributed by atoms with Crippen LogP contribution in [-0.4, -0.2) is 33.8 Å². The smallest absolute Gasteiger partial charge is 0.326 e. The van der Waals surface area contributed by atoms with Gasteiger partial charge in [-0.05, 0) is 48.3 Å². The molecule has 1 unspecified atom stereocenters. The van der Waals surface area contributed by atoms with E-state index in [1.54, 1.807) is 0 Å². The minimum Gasteiger partial charge on any atom is -0.480 e. The van der Waals surface area contributed by atoms with Crippen molar-refractivity contribution in [3.8, 4) is 0 Å². The number of carboxylic acid groups (broad SMARTS) is 1. The summed E-state index contributed by atoms with van der Waals surface area (Å²) in [5, 5.41) is 14.3. The quantitative estimate of drug-likeness (QED) is 0.716. The number of carbonyl (C=O) groups excluding carboxylic acids is 2. The van der Waals surface area contributed by atoms with Gasteiger partial charge in [0.2, 0.25) is 11.8 Å². The standard InChI is InChI=1S/C23H24N2O4S/c26-19(27)18(12-17-6-3-11-30-17)24-20(28)22(7-8-22)23(9-10-23)21(29)25-13-15-4-1-2-5-16(15)14-25/h1-6,11,18H,7-10,12-14H2,(H,24,28)(H,26,27). The second kappa shape index (κ2) is 6.94. The lowest BCUT2D eigenvalue weighted by molar-refractivity contribution is -0.148. The molecule has 1 atom stereocenters. The number of rotatable bonds is 7. The fourth-order valence-corrected chi connectivity index (χ4v) is 5.73. The molecular formula is C23H24N2O4S. The van der Waals surface area contributed by atoms with Crippen LogP contribution in [0.1, 0.15) is 41.7 Å². The zero-order chi connectivity index (χ0) is 20.9. The van der Waals surface area contributed by atoms with E-state index in [1.165, 1.54) is 11.3 Å². The number of nitrogens with one attached hydrogen (secondary N) is 1. The summed E-state index contributed by atoms with van der Waals surface area (Å²) in [4.78, 5) is 41.3. The predicted molar refractivity (Wildman–Crippen MR) is 112 cm³/mol. The molecule has 2 N–H and O–H groups in total. The summed E-state index contributed by atoms with van der Waals surface area (Å²) in [6, 6.07) is 10.8. The Bertz CT molecular complexity index is 983. The molecule has 0 radical (unpaired) electrons. The van der Waals surface area contributed by atoms with E-state index < -0.39 is 22.8 Å². The fraction of sp³-hybridized carbons (Fsp3) is 0.435. The number of hydrogen-bond acceptors (Lipinski definition) is 4. The number of nitrogens with zero attached hydrogens (tertiary/aromatic N) is 1. The van der Waals surface area contributed by atoms with Gasteiger partial charge < -0.3 is 15.3 Å². The number of carbonyl (C=O) groups is 3. The van der Waals surface area contributed by atoms with Crippen molar-refractivity contribution in [3.63, 3.8) is 0 Å². The second-order valence-electron chi connectivity index (χ2n) is 8.74. The second-order valence-corrected chi connectivity index (χ2v) is 9.77. The lowest BCUT2D eigenvalue weighted by Crippen LogP contribution is -2.50. The van der Waals surface area contributed by atoms with Crippen molar-refractivity contribution in [2.75, 3.05) is 0 Å². The van der Waals surface area contributed by atoms with Crippen LogP contribution in [0.2, 0.25) is 0 Å². The minimum atomic E-state index is -1.04. The van der Waals surface area contributed by atoms with E-state index in [2.05, 4.69) is 5.32 Å². The molecule has 2 heterocycles. The van der Waals surface area contributed by atoms with Gasteiger partial charge in [0.15, 0.2) is 0 Å². The summed E-state index contributed by atoms with van der Waals surface area (Å²) in [5.41, 5.74) is 0.920. The molecule has 2 saturated carbocycles. The molecule has 7 heteroatoms. The Hall–Kier alpha value is -2.67. The Kier molecular flexibility index (Phi) is 4.47. The molecule has 1 aromatic carbocycles. The minimum absolute atomic E-state index is 0.0523. The summed E-state index contributed by atoms with van der Waals surface area (Å²) in [5.74, 6) is -1.26. The highest BCUT2D eigenvalue weighted by molar-refractivity contribution is 7.09. The van der Waals surface area contributed by atoms with E-state index in [0.717, 1.165) is 16.0 Å². The average Bonchev–Trinajstić information content (AvgIpc) is 3.62. The highest BCUT2D eigenvalue weighted by Crippen LogP contribution is 2.71. The van der Waals surface area contributed by atoms with Gasteiger partial charge in [-0.2, -0.15) is 0 Å². The Labute approximate surface area is 178 Å². The number of fused-ring (bicyclic) bond motifs is 1. The Morgan fingerprint density at radius 2 is 1.63 bits per heavy atom. The first-order chi connectivity index (χ1) is 14.4. The van der Waals surface area contributed by atoms with Crippen molar-refractivity contribution in [2.45, 2.75) is 51.2 Å². The Morgan fingerprint density at radius 1 is 1.00 bits per heavy atom. The number of aliphatic carboxylic acids is 1. The molecule has 6 nitrogen and oxygen atoms in total. The van der Waals surface area contributed by atoms with Crippen LogP contribution < -0.4 is 5.32 Å². The summed E-state index contributed by atoms with van der Waals surface area (Å²) in [7, 11) is 0. The largest absolute Gasteiger partial charge is 0.480 e. The lowest BCUT2D eigenvalue weighted by atomic mass is 9.83. The first-order valence-electron chi connectivity index (χ1n) is 10.4. The SMILES string of the molecule is O=C(O)C(Cc1cccs1)NC(=O)C1(C2(C(=O)N3Cc4ccccc4C3)CC2)CC1. The first kappa shape index (κ1) is 19.3. The zero-order valence-electron chi connectivity index (χ0n) is 16.6. The van der Waals surface area contributed by atoms with E-state index in [4.69, 9.17) is 0 Å². The average molecular weight is 425 g/mol. The van der Waals surface area contributed by atoms with Gasteiger partial charge in [0, 0.05) is 24.4 Å². The van der Waals surface area contributed by atoms with Gasteiger partial charge in [0.1, 0.15) is 6.04 Å². The van der Waals surface area contributed by atoms with Crippen LogP contribution >= 0.6 is 11.3 Å². The van der Waals surface area contributed by atoms with Gasteiger partial charge in [0.25, 0.3) is 0 Å². The molecule has 1 aromatic heterocycles. The van der Waals surface area contributed by atoms with Crippen LogP contribution in [0.15, 0.2) is 41.8 Å². The molecule has 2 amide bonds. The predicted octanol–water partition coefficient (Wildman–Crippen LogP) is 2.96. The zero-order valence-corrected chi connectivity index (χ0v) is 17.4. The topological polar surface area (TPSA) is 86.7 Å². The van der Waals surface area contributed by atoms with Crippen molar-refractivity contribution in [3.05, 3.63) is 57.8 Å². The van der Waals surface area contributed by atoms with Crippen LogP contribution in [0, 0.1) is 10.8 Å². The van der Waals surface area contributed by atoms with Gasteiger partial charge in [0.05, 0.1) is 10.8 Å². The molecule has 0 bridgehead atoms. The highest BCUT2D eigenvalue weighted by atomic mass is 32.1. The Morgan fingerprint density at radius 3 is 2.13 bits per heavy atom. The van der Waals surface area contributed by atoms with Crippen molar-refractivity contribution >= 4 is 29.1 Å². The number of carboxylic acids is 1. The molecule has 156 valence electrons. The van der Waals surface area contributed by atoms with Crippen LogP contribution in [0.4, 0.5) is 0 Å². The number of hydrogen-bond donors (Lipinski definition) is 2. The Balaban J connectivity index is 1.31. The van der Waals surface area contributed by atoms with Crippen LogP contribution in [0.25, 0.3) is 0 Å². The van der Waals surface area contributed by atoms with Crippen molar-refractivity contribution in [2.24, 2.45) is 10.8 Å². The molecular weight excluding hydrogens is 400 g/mol. The van der Waals surface area contributed by atoms with E-state index >= 15 is 0 Å². The summed E-state index contributed by atoms with van der Waals surface area (Å²) < 4.78 is 0. The molecule has 0 saturated heterocycles. The molecule has 0 spiro atoms. The first-order valence-corrected chi connectivity index (χ1v) is 11.3. The fourth-order valence-electron chi connectivity index (χ4n) is 4.98. The van der Waals surface area contributed by atoms with Crippen LogP contribution in [-0.2, 0) is 33.9 Å². The number of benzene rings is 1. The summed E-state index contributed by atoms with van der Waals surface area (Å²) >= 11 is 1.48. The number of thiophene rings is 1. The van der Waals surface area contributed by atoms with E-state index in [-0.39, 0.29) is 18.2 Å². The van der Waals surface area contributed by atoms with Crippen molar-refractivity contribution in [1.29, 1.82) is 0 Å². The van der Waals surface area contributed by atoms with Gasteiger partial charge in [-0.1, -0.05) is 30.3 Å². The van der Waals surface area contributed by atoms with Gasteiger partial charge in [-0.3, -0.25) is 9.59 Å². The van der Waals surface area contributed by atoms with E-state index in [0.29, 0.717) is 38.8 Å². The monoisotopic (exact) mass is 424 g/mol. The molecule has 30 heavy (non-hydrogen) atoms.